The molecule has 0 aliphatic carbocycles. The number of halogens is 4. The number of nitrogens with zero attached hydrogens (tertiary/aromatic N) is 1. The highest BCUT2D eigenvalue weighted by atomic mass is 19.4. The summed E-state index contributed by atoms with van der Waals surface area (Å²) in [5, 5.41) is 2.34. The summed E-state index contributed by atoms with van der Waals surface area (Å²) in [6, 6.07) is 8.30. The van der Waals surface area contributed by atoms with Crippen LogP contribution < -0.4 is 5.32 Å². The predicted molar refractivity (Wildman–Crippen MR) is 71.7 cm³/mol. The molecule has 0 aliphatic rings. The molecule has 0 unspecified atom stereocenters. The van der Waals surface area contributed by atoms with Gasteiger partial charge in [-0.2, -0.15) is 13.2 Å². The predicted octanol–water partition coefficient (Wildman–Crippen LogP) is 3.21. The minimum Gasteiger partial charge on any atom is -0.352 e. The van der Waals surface area contributed by atoms with Crippen molar-refractivity contribution in [3.63, 3.8) is 0 Å². The molecule has 0 saturated heterocycles. The zero-order valence-corrected chi connectivity index (χ0v) is 11.3. The molecular weight excluding hydrogens is 300 g/mol. The second-order valence-corrected chi connectivity index (χ2v) is 4.49. The molecule has 1 N–H and O–H groups in total. The van der Waals surface area contributed by atoms with Crippen molar-refractivity contribution in [1.29, 1.82) is 0 Å². The van der Waals surface area contributed by atoms with E-state index in [0.29, 0.717) is 5.56 Å². The van der Waals surface area contributed by atoms with Crippen molar-refractivity contribution in [1.82, 2.24) is 10.3 Å². The molecule has 0 radical (unpaired) electrons. The third kappa shape index (κ3) is 3.81. The minimum atomic E-state index is -4.71. The van der Waals surface area contributed by atoms with E-state index in [1.807, 2.05) is 0 Å². The van der Waals surface area contributed by atoms with E-state index in [0.717, 1.165) is 12.3 Å². The van der Waals surface area contributed by atoms with Gasteiger partial charge in [-0.1, -0.05) is 18.2 Å². The first-order valence-corrected chi connectivity index (χ1v) is 6.43. The van der Waals surface area contributed by atoms with Gasteiger partial charge in [-0.3, -0.25) is 9.78 Å². The summed E-state index contributed by atoms with van der Waals surface area (Å²) < 4.78 is 51.7. The van der Waals surface area contributed by atoms with Gasteiger partial charge < -0.3 is 5.32 Å². The molecule has 22 heavy (non-hydrogen) atoms. The van der Waals surface area contributed by atoms with Gasteiger partial charge in [0.2, 0.25) is 0 Å². The molecule has 0 aliphatic heterocycles. The largest absolute Gasteiger partial charge is 0.434 e. The third-order valence-corrected chi connectivity index (χ3v) is 2.96. The SMILES string of the molecule is O=C(NCCc1ccccc1F)c1cccnc1C(F)(F)F. The van der Waals surface area contributed by atoms with Gasteiger partial charge >= 0.3 is 6.18 Å². The fourth-order valence-corrected chi connectivity index (χ4v) is 1.92. The van der Waals surface area contributed by atoms with Crippen LogP contribution in [0.5, 0.6) is 0 Å². The number of aromatic nitrogens is 1. The van der Waals surface area contributed by atoms with Crippen molar-refractivity contribution < 1.29 is 22.4 Å². The van der Waals surface area contributed by atoms with Crippen LogP contribution in [0.3, 0.4) is 0 Å². The average molecular weight is 312 g/mol. The summed E-state index contributed by atoms with van der Waals surface area (Å²) in [6.07, 6.45) is -3.56. The zero-order valence-electron chi connectivity index (χ0n) is 11.3. The van der Waals surface area contributed by atoms with Crippen molar-refractivity contribution in [2.75, 3.05) is 6.54 Å². The molecule has 7 heteroatoms. The summed E-state index contributed by atoms with van der Waals surface area (Å²) in [5.41, 5.74) is -1.41. The first-order chi connectivity index (χ1) is 10.4. The van der Waals surface area contributed by atoms with Gasteiger partial charge in [-0.05, 0) is 30.2 Å². The van der Waals surface area contributed by atoms with Gasteiger partial charge in [0.05, 0.1) is 5.56 Å². The van der Waals surface area contributed by atoms with E-state index in [1.54, 1.807) is 12.1 Å². The molecule has 0 fully saturated rings. The maximum atomic E-state index is 13.4. The fraction of sp³-hybridized carbons (Fsp3) is 0.200. The van der Waals surface area contributed by atoms with E-state index in [2.05, 4.69) is 10.3 Å². The molecular formula is C15H12F4N2O. The van der Waals surface area contributed by atoms with Crippen LogP contribution in [0.15, 0.2) is 42.6 Å². The summed E-state index contributed by atoms with van der Waals surface area (Å²) in [4.78, 5) is 15.0. The fourth-order valence-electron chi connectivity index (χ4n) is 1.92. The average Bonchev–Trinajstić information content (AvgIpc) is 2.48. The number of rotatable bonds is 4. The molecule has 0 saturated carbocycles. The molecule has 0 atom stereocenters. The Morgan fingerprint density at radius 1 is 1.14 bits per heavy atom. The molecule has 1 heterocycles. The van der Waals surface area contributed by atoms with Crippen LogP contribution in [0.1, 0.15) is 21.6 Å². The second kappa shape index (κ2) is 6.55. The Morgan fingerprint density at radius 2 is 1.86 bits per heavy atom. The van der Waals surface area contributed by atoms with E-state index < -0.39 is 29.2 Å². The number of carbonyl (C=O) groups excluding carboxylic acids is 1. The van der Waals surface area contributed by atoms with Crippen molar-refractivity contribution in [2.45, 2.75) is 12.6 Å². The van der Waals surface area contributed by atoms with Crippen LogP contribution in [-0.2, 0) is 12.6 Å². The van der Waals surface area contributed by atoms with Crippen LogP contribution in [0.25, 0.3) is 0 Å². The summed E-state index contributed by atoms with van der Waals surface area (Å²) in [6.45, 7) is 0.0198. The van der Waals surface area contributed by atoms with E-state index in [-0.39, 0.29) is 13.0 Å². The molecule has 1 aromatic carbocycles. The van der Waals surface area contributed by atoms with Gasteiger partial charge in [-0.25, -0.2) is 4.39 Å². The van der Waals surface area contributed by atoms with E-state index in [4.69, 9.17) is 0 Å². The molecule has 3 nitrogen and oxygen atoms in total. The van der Waals surface area contributed by atoms with Crippen molar-refractivity contribution in [3.05, 3.63) is 65.2 Å². The normalized spacial score (nSPS) is 11.3. The highest BCUT2D eigenvalue weighted by Gasteiger charge is 2.36. The lowest BCUT2D eigenvalue weighted by molar-refractivity contribution is -0.141. The number of alkyl halides is 3. The minimum absolute atomic E-state index is 0.0198. The number of pyridine rings is 1. The first kappa shape index (κ1) is 15.9. The maximum absolute atomic E-state index is 13.4. The maximum Gasteiger partial charge on any atom is 0.434 e. The topological polar surface area (TPSA) is 42.0 Å². The summed E-state index contributed by atoms with van der Waals surface area (Å²) in [7, 11) is 0. The van der Waals surface area contributed by atoms with Crippen LogP contribution >= 0.6 is 0 Å². The Hall–Kier alpha value is -2.44. The van der Waals surface area contributed by atoms with Crippen LogP contribution in [-0.4, -0.2) is 17.4 Å². The smallest absolute Gasteiger partial charge is 0.352 e. The number of nitrogens with one attached hydrogen (secondary N) is 1. The van der Waals surface area contributed by atoms with Crippen molar-refractivity contribution in [2.24, 2.45) is 0 Å². The number of benzene rings is 1. The van der Waals surface area contributed by atoms with Crippen molar-refractivity contribution in [3.8, 4) is 0 Å². The lowest BCUT2D eigenvalue weighted by Crippen LogP contribution is -2.28. The Morgan fingerprint density at radius 3 is 2.55 bits per heavy atom. The molecule has 0 bridgehead atoms. The molecule has 2 aromatic rings. The van der Waals surface area contributed by atoms with Gasteiger partial charge in [0.1, 0.15) is 5.82 Å². The zero-order chi connectivity index (χ0) is 16.2. The Bertz CT molecular complexity index is 671. The number of carbonyl (C=O) groups is 1. The molecule has 0 spiro atoms. The molecule has 1 aromatic heterocycles. The molecule has 2 rings (SSSR count). The molecule has 1 amide bonds. The van der Waals surface area contributed by atoms with Gasteiger partial charge in [-0.15, -0.1) is 0 Å². The Balaban J connectivity index is 2.03. The van der Waals surface area contributed by atoms with Crippen LogP contribution in [0, 0.1) is 5.82 Å². The first-order valence-electron chi connectivity index (χ1n) is 6.43. The van der Waals surface area contributed by atoms with Crippen LogP contribution in [0.4, 0.5) is 17.6 Å². The molecule has 116 valence electrons. The number of hydrogen-bond acceptors (Lipinski definition) is 2. The van der Waals surface area contributed by atoms with Gasteiger partial charge in [0, 0.05) is 12.7 Å². The van der Waals surface area contributed by atoms with Crippen molar-refractivity contribution >= 4 is 5.91 Å². The Kier molecular flexibility index (Phi) is 4.75. The van der Waals surface area contributed by atoms with E-state index in [9.17, 15) is 22.4 Å². The van der Waals surface area contributed by atoms with E-state index >= 15 is 0 Å². The van der Waals surface area contributed by atoms with E-state index in [1.165, 1.54) is 18.2 Å². The lowest BCUT2D eigenvalue weighted by Gasteiger charge is -2.11. The summed E-state index contributed by atoms with van der Waals surface area (Å²) >= 11 is 0. The lowest BCUT2D eigenvalue weighted by atomic mass is 10.1. The standard InChI is InChI=1S/C15H12F4N2O/c16-12-6-2-1-4-10(12)7-9-21-14(22)11-5-3-8-20-13(11)15(17,18)19/h1-6,8H,7,9H2,(H,21,22). The highest BCUT2D eigenvalue weighted by molar-refractivity contribution is 5.95. The van der Waals surface area contributed by atoms with Gasteiger partial charge in [0.25, 0.3) is 5.91 Å². The number of hydrogen-bond donors (Lipinski definition) is 1. The third-order valence-electron chi connectivity index (χ3n) is 2.96. The van der Waals surface area contributed by atoms with Gasteiger partial charge in [0.15, 0.2) is 5.69 Å². The highest BCUT2D eigenvalue weighted by Crippen LogP contribution is 2.29. The monoisotopic (exact) mass is 312 g/mol. The second-order valence-electron chi connectivity index (χ2n) is 4.49. The number of amides is 1. The quantitative estimate of drug-likeness (QED) is 0.881. The summed E-state index contributed by atoms with van der Waals surface area (Å²) in [5.74, 6) is -1.31. The van der Waals surface area contributed by atoms with Crippen LogP contribution in [0.2, 0.25) is 0 Å². The Labute approximate surface area is 124 Å².